The molecule has 2 N–H and O–H groups in total. The molecule has 0 radical (unpaired) electrons. The maximum atomic E-state index is 6.23. The van der Waals surface area contributed by atoms with Crippen molar-refractivity contribution in [3.8, 4) is 11.5 Å². The molecule has 0 saturated heterocycles. The van der Waals surface area contributed by atoms with E-state index in [1.165, 1.54) is 0 Å². The van der Waals surface area contributed by atoms with Crippen LogP contribution in [0, 0.1) is 0 Å². The van der Waals surface area contributed by atoms with Crippen LogP contribution in [-0.2, 0) is 0 Å². The molecule has 0 unspecified atom stereocenters. The molecule has 106 valence electrons. The van der Waals surface area contributed by atoms with Crippen LogP contribution < -0.4 is 14.6 Å². The lowest BCUT2D eigenvalue weighted by Gasteiger charge is -2.30. The molecule has 3 nitrogen and oxygen atoms in total. The minimum Gasteiger partial charge on any atom is -0.512 e. The molecule has 0 aromatic heterocycles. The number of para-hydroxylation sites is 2. The zero-order valence-electron chi connectivity index (χ0n) is 11.8. The van der Waals surface area contributed by atoms with E-state index < -0.39 is 8.56 Å². The van der Waals surface area contributed by atoms with Crippen molar-refractivity contribution in [3.63, 3.8) is 0 Å². The second-order valence-electron chi connectivity index (χ2n) is 4.63. The highest BCUT2D eigenvalue weighted by Gasteiger charge is 2.39. The van der Waals surface area contributed by atoms with E-state index in [-0.39, 0.29) is 0 Å². The molecular formula is C16H21NO2Si. The van der Waals surface area contributed by atoms with Crippen molar-refractivity contribution in [1.29, 1.82) is 0 Å². The van der Waals surface area contributed by atoms with Gasteiger partial charge in [0.25, 0.3) is 0 Å². The lowest BCUT2D eigenvalue weighted by atomic mass is 10.3. The highest BCUT2D eigenvalue weighted by molar-refractivity contribution is 6.68. The maximum Gasteiger partial charge on any atom is 0.461 e. The summed E-state index contributed by atoms with van der Waals surface area (Å²) in [4.78, 5) is 0. The van der Waals surface area contributed by atoms with Crippen LogP contribution in [0.25, 0.3) is 0 Å². The van der Waals surface area contributed by atoms with Crippen molar-refractivity contribution in [1.82, 2.24) is 0 Å². The first kappa shape index (κ1) is 14.6. The Hall–Kier alpha value is -1.78. The molecule has 2 aromatic carbocycles. The number of rotatable bonds is 7. The Morgan fingerprint density at radius 1 is 0.850 bits per heavy atom. The van der Waals surface area contributed by atoms with Crippen molar-refractivity contribution < 1.29 is 8.85 Å². The van der Waals surface area contributed by atoms with Gasteiger partial charge in [-0.25, -0.2) is 0 Å². The smallest absolute Gasteiger partial charge is 0.461 e. The van der Waals surface area contributed by atoms with E-state index >= 15 is 0 Å². The summed E-state index contributed by atoms with van der Waals surface area (Å²) in [5.74, 6) is 1.70. The highest BCUT2D eigenvalue weighted by atomic mass is 28.4. The van der Waals surface area contributed by atoms with Crippen LogP contribution in [0.15, 0.2) is 60.7 Å². The average molecular weight is 287 g/mol. The summed E-state index contributed by atoms with van der Waals surface area (Å²) in [5.41, 5.74) is 5.77. The summed E-state index contributed by atoms with van der Waals surface area (Å²) in [6.45, 7) is 2.67. The first-order valence-electron chi connectivity index (χ1n) is 6.96. The molecule has 20 heavy (non-hydrogen) atoms. The number of hydrogen-bond donors (Lipinski definition) is 1. The molecule has 0 heterocycles. The Morgan fingerprint density at radius 2 is 1.30 bits per heavy atom. The zero-order chi connectivity index (χ0) is 14.3. The SMILES string of the molecule is CC[Si](CCN)(Oc1ccccc1)Oc1ccccc1. The Balaban J connectivity index is 2.20. The number of nitrogens with two attached hydrogens (primary N) is 1. The summed E-state index contributed by atoms with van der Waals surface area (Å²) in [6.07, 6.45) is 0. The molecule has 0 bridgehead atoms. The van der Waals surface area contributed by atoms with Crippen LogP contribution in [0.1, 0.15) is 6.92 Å². The van der Waals surface area contributed by atoms with Crippen molar-refractivity contribution in [2.24, 2.45) is 5.73 Å². The van der Waals surface area contributed by atoms with Gasteiger partial charge >= 0.3 is 8.56 Å². The average Bonchev–Trinajstić information content (AvgIpc) is 2.49. The first-order chi connectivity index (χ1) is 9.78. The molecule has 0 atom stereocenters. The van der Waals surface area contributed by atoms with Gasteiger partial charge < -0.3 is 14.6 Å². The van der Waals surface area contributed by atoms with Gasteiger partial charge in [-0.3, -0.25) is 0 Å². The Kier molecular flexibility index (Phi) is 5.21. The third-order valence-corrected chi connectivity index (χ3v) is 6.50. The van der Waals surface area contributed by atoms with Gasteiger partial charge in [0, 0.05) is 12.1 Å². The summed E-state index contributed by atoms with van der Waals surface area (Å²) >= 11 is 0. The minimum absolute atomic E-state index is 0.569. The van der Waals surface area contributed by atoms with Gasteiger partial charge in [-0.1, -0.05) is 43.3 Å². The van der Waals surface area contributed by atoms with Crippen LogP contribution >= 0.6 is 0 Å². The fourth-order valence-electron chi connectivity index (χ4n) is 2.07. The lowest BCUT2D eigenvalue weighted by molar-refractivity contribution is 0.380. The second kappa shape index (κ2) is 7.12. The highest BCUT2D eigenvalue weighted by Crippen LogP contribution is 2.25. The molecule has 2 rings (SSSR count). The topological polar surface area (TPSA) is 44.5 Å². The lowest BCUT2D eigenvalue weighted by Crippen LogP contribution is -2.49. The molecule has 0 aliphatic rings. The molecule has 0 amide bonds. The van der Waals surface area contributed by atoms with Crippen LogP contribution in [0.4, 0.5) is 0 Å². The van der Waals surface area contributed by atoms with Crippen molar-refractivity contribution in [3.05, 3.63) is 60.7 Å². The standard InChI is InChI=1S/C16H21NO2Si/c1-2-20(14-13-17,18-15-9-5-3-6-10-15)19-16-11-7-4-8-12-16/h3-12H,2,13-14,17H2,1H3. The Labute approximate surface area is 121 Å². The quantitative estimate of drug-likeness (QED) is 0.792. The second-order valence-corrected chi connectivity index (χ2v) is 8.07. The van der Waals surface area contributed by atoms with Crippen LogP contribution in [0.5, 0.6) is 11.5 Å². The molecule has 2 aromatic rings. The molecular weight excluding hydrogens is 266 g/mol. The summed E-state index contributed by atoms with van der Waals surface area (Å²) in [7, 11) is -2.38. The summed E-state index contributed by atoms with van der Waals surface area (Å²) in [5, 5.41) is 0. The first-order valence-corrected chi connectivity index (χ1v) is 9.19. The van der Waals surface area contributed by atoms with Gasteiger partial charge in [0.15, 0.2) is 0 Å². The molecule has 0 saturated carbocycles. The van der Waals surface area contributed by atoms with E-state index in [1.807, 2.05) is 60.7 Å². The molecule has 0 fully saturated rings. The van der Waals surface area contributed by atoms with Crippen LogP contribution in [-0.4, -0.2) is 15.1 Å². The normalized spacial score (nSPS) is 11.1. The Bertz CT molecular complexity index is 463. The van der Waals surface area contributed by atoms with Crippen LogP contribution in [0.3, 0.4) is 0 Å². The maximum absolute atomic E-state index is 6.23. The summed E-state index contributed by atoms with van der Waals surface area (Å²) < 4.78 is 12.5. The predicted molar refractivity (Wildman–Crippen MR) is 84.2 cm³/mol. The predicted octanol–water partition coefficient (Wildman–Crippen LogP) is 3.57. The molecule has 0 aliphatic carbocycles. The number of benzene rings is 2. The van der Waals surface area contributed by atoms with Crippen molar-refractivity contribution in [2.75, 3.05) is 6.54 Å². The van der Waals surface area contributed by atoms with Gasteiger partial charge in [-0.05, 0) is 30.8 Å². The third-order valence-electron chi connectivity index (χ3n) is 3.16. The molecule has 0 spiro atoms. The van der Waals surface area contributed by atoms with Crippen LogP contribution in [0.2, 0.25) is 12.1 Å². The molecule has 0 aliphatic heterocycles. The number of hydrogen-bond acceptors (Lipinski definition) is 3. The van der Waals surface area contributed by atoms with E-state index in [0.29, 0.717) is 6.54 Å². The van der Waals surface area contributed by atoms with E-state index in [1.54, 1.807) is 0 Å². The van der Waals surface area contributed by atoms with E-state index in [4.69, 9.17) is 14.6 Å². The van der Waals surface area contributed by atoms with Gasteiger partial charge in [0.1, 0.15) is 11.5 Å². The van der Waals surface area contributed by atoms with E-state index in [2.05, 4.69) is 6.92 Å². The monoisotopic (exact) mass is 287 g/mol. The van der Waals surface area contributed by atoms with Gasteiger partial charge in [-0.15, -0.1) is 0 Å². The van der Waals surface area contributed by atoms with Gasteiger partial charge in [0.05, 0.1) is 0 Å². The van der Waals surface area contributed by atoms with Crippen molar-refractivity contribution in [2.45, 2.75) is 19.0 Å². The van der Waals surface area contributed by atoms with Crippen molar-refractivity contribution >= 4 is 8.56 Å². The fraction of sp³-hybridized carbons (Fsp3) is 0.250. The summed E-state index contributed by atoms with van der Waals surface area (Å²) in [6, 6.07) is 21.3. The third kappa shape index (κ3) is 3.85. The van der Waals surface area contributed by atoms with E-state index in [0.717, 1.165) is 23.6 Å². The minimum atomic E-state index is -2.38. The fourth-order valence-corrected chi connectivity index (χ4v) is 4.53. The van der Waals surface area contributed by atoms with E-state index in [9.17, 15) is 0 Å². The van der Waals surface area contributed by atoms with Gasteiger partial charge in [0.2, 0.25) is 0 Å². The molecule has 4 heteroatoms. The largest absolute Gasteiger partial charge is 0.512 e. The van der Waals surface area contributed by atoms with Gasteiger partial charge in [-0.2, -0.15) is 0 Å². The Morgan fingerprint density at radius 3 is 1.65 bits per heavy atom. The zero-order valence-corrected chi connectivity index (χ0v) is 12.8.